The molecular formula is C15H19NO4. The van der Waals surface area contributed by atoms with Crippen molar-refractivity contribution in [2.24, 2.45) is 11.3 Å². The van der Waals surface area contributed by atoms with Crippen LogP contribution in [0, 0.1) is 18.3 Å². The van der Waals surface area contributed by atoms with Gasteiger partial charge >= 0.3 is 0 Å². The summed E-state index contributed by atoms with van der Waals surface area (Å²) < 4.78 is 5.21. The zero-order chi connectivity index (χ0) is 15.1. The molecule has 108 valence electrons. The number of nitrogens with zero attached hydrogens (tertiary/aromatic N) is 1. The molecule has 2 rings (SSSR count). The molecule has 5 heteroatoms. The second-order valence-corrected chi connectivity index (χ2v) is 6.09. The second-order valence-electron chi connectivity index (χ2n) is 6.09. The van der Waals surface area contributed by atoms with E-state index in [0.717, 1.165) is 0 Å². The SMILES string of the molecule is CCC(=O)[C@@H]1C(=O)CC(C)(C)[C@@H](c2cc(C)no2)C1=O. The fourth-order valence-electron chi connectivity index (χ4n) is 2.95. The molecule has 0 bridgehead atoms. The Morgan fingerprint density at radius 2 is 2.10 bits per heavy atom. The van der Waals surface area contributed by atoms with Crippen LogP contribution in [0.5, 0.6) is 0 Å². The molecule has 20 heavy (non-hydrogen) atoms. The Labute approximate surface area is 117 Å². The van der Waals surface area contributed by atoms with Crippen molar-refractivity contribution in [3.05, 3.63) is 17.5 Å². The van der Waals surface area contributed by atoms with E-state index in [1.54, 1.807) is 19.9 Å². The van der Waals surface area contributed by atoms with Gasteiger partial charge in [0.1, 0.15) is 11.7 Å². The molecule has 0 amide bonds. The number of aromatic nitrogens is 1. The molecule has 0 aliphatic heterocycles. The van der Waals surface area contributed by atoms with E-state index in [1.165, 1.54) is 0 Å². The van der Waals surface area contributed by atoms with E-state index < -0.39 is 17.3 Å². The molecular weight excluding hydrogens is 258 g/mol. The van der Waals surface area contributed by atoms with Gasteiger partial charge < -0.3 is 4.52 Å². The fourth-order valence-corrected chi connectivity index (χ4v) is 2.95. The summed E-state index contributed by atoms with van der Waals surface area (Å²) in [6.45, 7) is 7.12. The highest BCUT2D eigenvalue weighted by Gasteiger charge is 2.51. The molecule has 1 fully saturated rings. The van der Waals surface area contributed by atoms with Gasteiger partial charge in [0.2, 0.25) is 0 Å². The summed E-state index contributed by atoms with van der Waals surface area (Å²) in [4.78, 5) is 36.6. The Balaban J connectivity index is 2.45. The van der Waals surface area contributed by atoms with Crippen molar-refractivity contribution in [2.45, 2.75) is 46.5 Å². The van der Waals surface area contributed by atoms with Gasteiger partial charge in [-0.25, -0.2) is 0 Å². The number of ketones is 3. The molecule has 0 unspecified atom stereocenters. The molecule has 5 nitrogen and oxygen atoms in total. The summed E-state index contributed by atoms with van der Waals surface area (Å²) in [6, 6.07) is 1.70. The molecule has 1 saturated carbocycles. The Hall–Kier alpha value is -1.78. The Morgan fingerprint density at radius 1 is 1.45 bits per heavy atom. The van der Waals surface area contributed by atoms with Crippen molar-refractivity contribution in [3.63, 3.8) is 0 Å². The van der Waals surface area contributed by atoms with E-state index >= 15 is 0 Å². The van der Waals surface area contributed by atoms with Crippen LogP contribution in [0.3, 0.4) is 0 Å². The number of aryl methyl sites for hydroxylation is 1. The Morgan fingerprint density at radius 3 is 2.60 bits per heavy atom. The van der Waals surface area contributed by atoms with Gasteiger partial charge in [0.25, 0.3) is 0 Å². The lowest BCUT2D eigenvalue weighted by molar-refractivity contribution is -0.147. The van der Waals surface area contributed by atoms with Crippen molar-refractivity contribution in [1.82, 2.24) is 5.16 Å². The maximum absolute atomic E-state index is 12.6. The summed E-state index contributed by atoms with van der Waals surface area (Å²) in [5, 5.41) is 3.80. The molecule has 0 spiro atoms. The Kier molecular flexibility index (Phi) is 3.63. The molecule has 1 aromatic heterocycles. The lowest BCUT2D eigenvalue weighted by Crippen LogP contribution is -2.47. The van der Waals surface area contributed by atoms with Crippen LogP contribution in [-0.2, 0) is 14.4 Å². The maximum Gasteiger partial charge on any atom is 0.162 e. The summed E-state index contributed by atoms with van der Waals surface area (Å²) in [5.74, 6) is -2.23. The number of carbonyl (C=O) groups is 3. The average molecular weight is 277 g/mol. The summed E-state index contributed by atoms with van der Waals surface area (Å²) in [6.07, 6.45) is 0.379. The minimum Gasteiger partial charge on any atom is -0.360 e. The largest absolute Gasteiger partial charge is 0.360 e. The summed E-state index contributed by atoms with van der Waals surface area (Å²) in [7, 11) is 0. The number of hydrogen-bond donors (Lipinski definition) is 0. The third kappa shape index (κ3) is 2.32. The lowest BCUT2D eigenvalue weighted by Gasteiger charge is -2.37. The maximum atomic E-state index is 12.6. The summed E-state index contributed by atoms with van der Waals surface area (Å²) in [5.41, 5.74) is 0.115. The van der Waals surface area contributed by atoms with Crippen molar-refractivity contribution >= 4 is 17.3 Å². The van der Waals surface area contributed by atoms with Gasteiger partial charge in [-0.15, -0.1) is 0 Å². The van der Waals surface area contributed by atoms with E-state index in [2.05, 4.69) is 5.16 Å². The number of Topliss-reactive ketones (excluding diaryl/α,β-unsaturated/α-hetero) is 3. The first-order valence-corrected chi connectivity index (χ1v) is 6.80. The van der Waals surface area contributed by atoms with Gasteiger partial charge in [0.15, 0.2) is 17.3 Å². The highest BCUT2D eigenvalue weighted by atomic mass is 16.5. The number of carbonyl (C=O) groups excluding carboxylic acids is 3. The van der Waals surface area contributed by atoms with Gasteiger partial charge in [0, 0.05) is 18.9 Å². The van der Waals surface area contributed by atoms with Gasteiger partial charge in [0.05, 0.1) is 11.6 Å². The second kappa shape index (κ2) is 4.96. The van der Waals surface area contributed by atoms with Crippen LogP contribution < -0.4 is 0 Å². The summed E-state index contributed by atoms with van der Waals surface area (Å²) >= 11 is 0. The van der Waals surface area contributed by atoms with Gasteiger partial charge in [-0.05, 0) is 12.3 Å². The highest BCUT2D eigenvalue weighted by Crippen LogP contribution is 2.45. The first kappa shape index (κ1) is 14.6. The van der Waals surface area contributed by atoms with Crippen LogP contribution in [0.15, 0.2) is 10.6 Å². The van der Waals surface area contributed by atoms with E-state index in [9.17, 15) is 14.4 Å². The van der Waals surface area contributed by atoms with E-state index in [-0.39, 0.29) is 30.2 Å². The first-order chi connectivity index (χ1) is 9.27. The van der Waals surface area contributed by atoms with Crippen LogP contribution in [0.2, 0.25) is 0 Å². The molecule has 0 N–H and O–H groups in total. The fraction of sp³-hybridized carbons (Fsp3) is 0.600. The molecule has 1 heterocycles. The molecule has 1 aliphatic rings. The minimum absolute atomic E-state index is 0.185. The Bertz CT molecular complexity index is 570. The number of rotatable bonds is 3. The molecule has 0 aromatic carbocycles. The van der Waals surface area contributed by atoms with E-state index in [0.29, 0.717) is 11.5 Å². The van der Waals surface area contributed by atoms with Crippen molar-refractivity contribution in [1.29, 1.82) is 0 Å². The topological polar surface area (TPSA) is 77.2 Å². The lowest BCUT2D eigenvalue weighted by atomic mass is 9.62. The predicted molar refractivity (Wildman–Crippen MR) is 71.2 cm³/mol. The number of hydrogen-bond acceptors (Lipinski definition) is 5. The third-order valence-corrected chi connectivity index (χ3v) is 3.90. The highest BCUT2D eigenvalue weighted by molar-refractivity contribution is 6.22. The standard InChI is InChI=1S/C15H19NO4/c1-5-9(17)12-10(18)7-15(3,4)13(14(12)19)11-6-8(2)16-20-11/h6,12-13H,5,7H2,1-4H3/t12-,13+/m1/s1. The van der Waals surface area contributed by atoms with Crippen LogP contribution in [-0.4, -0.2) is 22.5 Å². The third-order valence-electron chi connectivity index (χ3n) is 3.90. The monoisotopic (exact) mass is 277 g/mol. The zero-order valence-electron chi connectivity index (χ0n) is 12.2. The van der Waals surface area contributed by atoms with E-state index in [1.807, 2.05) is 13.8 Å². The van der Waals surface area contributed by atoms with Gasteiger partial charge in [-0.1, -0.05) is 25.9 Å². The van der Waals surface area contributed by atoms with E-state index in [4.69, 9.17) is 4.52 Å². The average Bonchev–Trinajstić information content (AvgIpc) is 2.73. The molecule has 0 radical (unpaired) electrons. The van der Waals surface area contributed by atoms with Gasteiger partial charge in [-0.2, -0.15) is 0 Å². The normalized spacial score (nSPS) is 25.8. The van der Waals surface area contributed by atoms with Crippen LogP contribution in [0.1, 0.15) is 51.0 Å². The molecule has 1 aliphatic carbocycles. The van der Waals surface area contributed by atoms with Crippen molar-refractivity contribution in [2.75, 3.05) is 0 Å². The van der Waals surface area contributed by atoms with Crippen molar-refractivity contribution in [3.8, 4) is 0 Å². The predicted octanol–water partition coefficient (Wildman–Crippen LogP) is 2.23. The molecule has 0 saturated heterocycles. The zero-order valence-corrected chi connectivity index (χ0v) is 12.2. The smallest absolute Gasteiger partial charge is 0.162 e. The van der Waals surface area contributed by atoms with Crippen LogP contribution in [0.4, 0.5) is 0 Å². The van der Waals surface area contributed by atoms with Crippen LogP contribution in [0.25, 0.3) is 0 Å². The van der Waals surface area contributed by atoms with Crippen LogP contribution >= 0.6 is 0 Å². The minimum atomic E-state index is -1.14. The first-order valence-electron chi connectivity index (χ1n) is 6.80. The van der Waals surface area contributed by atoms with Crippen molar-refractivity contribution < 1.29 is 18.9 Å². The van der Waals surface area contributed by atoms with Gasteiger partial charge in [-0.3, -0.25) is 14.4 Å². The molecule has 1 aromatic rings. The quantitative estimate of drug-likeness (QED) is 0.792. The molecule has 2 atom stereocenters.